The maximum Gasteiger partial charge on any atom is 0.255 e. The van der Waals surface area contributed by atoms with Gasteiger partial charge in [-0.05, 0) is 113 Å². The standard InChI is InChI=1S/C45H55F2N9O4.V.2H2/c1-44(12-13-44)60-30-2-4-34(48)32(22-30)41(49)35-23-38(51-27-50-35)55-18-8-28(9-19-55)24-45(47)14-20-53(21-15-45)25-29-10-16-54(17-11-29)36-5-3-31-33(40(36)46)26-56(43(31)59)37-6-7-39(57)52-42(37)58;;;/h2-5,22-23,27-29,37,49H,6-21,24-26,48H2,1H3,(H,52,57,58);;2*1H. The Balaban J connectivity index is 0.00000220. The smallest absolute Gasteiger partial charge is 0.255 e. The summed E-state index contributed by atoms with van der Waals surface area (Å²) in [6.07, 6.45) is 9.13. The topological polar surface area (TPSA) is 161 Å². The van der Waals surface area contributed by atoms with Gasteiger partial charge in [-0.25, -0.2) is 18.7 Å². The van der Waals surface area contributed by atoms with E-state index in [-0.39, 0.29) is 69.5 Å². The van der Waals surface area contributed by atoms with E-state index in [0.717, 1.165) is 77.1 Å². The summed E-state index contributed by atoms with van der Waals surface area (Å²) in [6, 6.07) is 9.87. The number of amides is 3. The number of carbonyl (C=O) groups excluding carboxylic acids is 3. The molecule has 4 saturated heterocycles. The molecule has 327 valence electrons. The van der Waals surface area contributed by atoms with Crippen molar-refractivity contribution >= 4 is 40.6 Å². The molecule has 3 amide bonds. The number of nitrogens with two attached hydrogens (primary N) is 1. The van der Waals surface area contributed by atoms with E-state index in [1.54, 1.807) is 18.2 Å². The Hall–Kier alpha value is -4.60. The van der Waals surface area contributed by atoms with E-state index in [2.05, 4.69) is 36.9 Å². The fourth-order valence-corrected chi connectivity index (χ4v) is 9.95. The van der Waals surface area contributed by atoms with Crippen LogP contribution in [-0.2, 0) is 34.7 Å². The Kier molecular flexibility index (Phi) is 12.2. The van der Waals surface area contributed by atoms with Gasteiger partial charge in [0.2, 0.25) is 11.8 Å². The number of likely N-dealkylation sites (tertiary alicyclic amines) is 1. The average molecular weight is 879 g/mol. The number of hydrogen-bond donors (Lipinski definition) is 3. The molecule has 3 aromatic rings. The van der Waals surface area contributed by atoms with Crippen LogP contribution in [0.15, 0.2) is 42.7 Å². The summed E-state index contributed by atoms with van der Waals surface area (Å²) >= 11 is 0. The molecule has 0 spiro atoms. The van der Waals surface area contributed by atoms with E-state index < -0.39 is 23.4 Å². The molecule has 1 aromatic heterocycles. The third kappa shape index (κ3) is 9.15. The monoisotopic (exact) mass is 878 g/mol. The zero-order valence-corrected chi connectivity index (χ0v) is 36.2. The number of carbonyl (C=O) groups is 3. The number of piperidine rings is 4. The molecule has 61 heavy (non-hydrogen) atoms. The normalized spacial score (nSPS) is 23.0. The predicted octanol–water partition coefficient (Wildman–Crippen LogP) is 6.12. The molecule has 4 N–H and O–H groups in total. The molecule has 16 heteroatoms. The van der Waals surface area contributed by atoms with Crippen molar-refractivity contribution < 1.29 is 49.3 Å². The molecular weight excluding hydrogens is 819 g/mol. The second-order valence-electron chi connectivity index (χ2n) is 18.3. The minimum atomic E-state index is -1.17. The van der Waals surface area contributed by atoms with Crippen molar-refractivity contribution in [1.29, 1.82) is 5.41 Å². The second kappa shape index (κ2) is 17.3. The first-order valence-corrected chi connectivity index (χ1v) is 21.7. The van der Waals surface area contributed by atoms with E-state index in [0.29, 0.717) is 78.1 Å². The van der Waals surface area contributed by atoms with E-state index in [9.17, 15) is 14.4 Å². The number of aromatic nitrogens is 2. The minimum absolute atomic E-state index is 0. The van der Waals surface area contributed by atoms with Crippen molar-refractivity contribution in [2.24, 2.45) is 11.8 Å². The maximum absolute atomic E-state index is 16.3. The average Bonchev–Trinajstić information content (AvgIpc) is 3.88. The van der Waals surface area contributed by atoms with Crippen LogP contribution in [-0.4, -0.2) is 106 Å². The number of fused-ring (bicyclic) bond motifs is 1. The third-order valence-corrected chi connectivity index (χ3v) is 14.0. The summed E-state index contributed by atoms with van der Waals surface area (Å²) in [6.45, 7) is 7.42. The summed E-state index contributed by atoms with van der Waals surface area (Å²) in [4.78, 5) is 54.2. The summed E-state index contributed by atoms with van der Waals surface area (Å²) in [5.74, 6) is 0.559. The first-order valence-electron chi connectivity index (χ1n) is 21.7. The maximum atomic E-state index is 16.3. The van der Waals surface area contributed by atoms with Gasteiger partial charge in [-0.3, -0.25) is 25.1 Å². The van der Waals surface area contributed by atoms with Crippen LogP contribution in [0.5, 0.6) is 5.75 Å². The van der Waals surface area contributed by atoms with Gasteiger partial charge in [0.1, 0.15) is 35.2 Å². The zero-order chi connectivity index (χ0) is 41.8. The van der Waals surface area contributed by atoms with E-state index >= 15 is 8.78 Å². The summed E-state index contributed by atoms with van der Waals surface area (Å²) in [5, 5.41) is 11.2. The van der Waals surface area contributed by atoms with Gasteiger partial charge in [0, 0.05) is 102 Å². The molecule has 1 aliphatic carbocycles. The molecule has 6 heterocycles. The van der Waals surface area contributed by atoms with E-state index in [1.165, 1.54) is 11.2 Å². The molecule has 1 saturated carbocycles. The van der Waals surface area contributed by atoms with Crippen LogP contribution >= 0.6 is 0 Å². The van der Waals surface area contributed by atoms with Crippen molar-refractivity contribution in [3.05, 3.63) is 70.9 Å². The van der Waals surface area contributed by atoms with Gasteiger partial charge < -0.3 is 30.1 Å². The Morgan fingerprint density at radius 1 is 0.934 bits per heavy atom. The predicted molar refractivity (Wildman–Crippen MR) is 228 cm³/mol. The van der Waals surface area contributed by atoms with Crippen LogP contribution in [0, 0.1) is 23.1 Å². The first kappa shape index (κ1) is 43.1. The number of hydrogen-bond acceptors (Lipinski definition) is 11. The summed E-state index contributed by atoms with van der Waals surface area (Å²) in [7, 11) is 0. The number of nitrogens with one attached hydrogen (secondary N) is 2. The van der Waals surface area contributed by atoms with Crippen LogP contribution in [0.2, 0.25) is 0 Å². The molecule has 5 aliphatic heterocycles. The molecular formula is C45H59F2N9O4V. The van der Waals surface area contributed by atoms with Gasteiger partial charge in [0.15, 0.2) is 5.82 Å². The molecule has 5 fully saturated rings. The molecule has 1 atom stereocenters. The Bertz CT molecular complexity index is 2190. The number of rotatable bonds is 11. The van der Waals surface area contributed by atoms with Gasteiger partial charge in [0.05, 0.1) is 23.6 Å². The van der Waals surface area contributed by atoms with Crippen LogP contribution in [0.3, 0.4) is 0 Å². The zero-order valence-electron chi connectivity index (χ0n) is 34.8. The number of nitrogen functional groups attached to an aromatic ring is 1. The fourth-order valence-electron chi connectivity index (χ4n) is 9.95. The second-order valence-corrected chi connectivity index (χ2v) is 18.3. The number of ether oxygens (including phenoxy) is 1. The van der Waals surface area contributed by atoms with Gasteiger partial charge in [0.25, 0.3) is 5.91 Å². The Morgan fingerprint density at radius 3 is 2.34 bits per heavy atom. The SMILES string of the molecule is CC1(Oc2ccc(N)c(C(=N)c3cc(N4CCC(CC5(F)CCN(CC6CCN(c7ccc8c(c7F)CN(C7CCC(=O)NC7=O)C8=O)CC6)CC5)CC4)ncn3)c2)CC1.[HH].[HH].[V]. The number of halogens is 2. The van der Waals surface area contributed by atoms with Crippen molar-refractivity contribution in [2.45, 2.75) is 101 Å². The van der Waals surface area contributed by atoms with Crippen molar-refractivity contribution in [2.75, 3.05) is 61.3 Å². The van der Waals surface area contributed by atoms with Crippen molar-refractivity contribution in [1.82, 2.24) is 25.1 Å². The molecule has 0 bridgehead atoms. The molecule has 6 aliphatic rings. The number of imide groups is 1. The van der Waals surface area contributed by atoms with Crippen molar-refractivity contribution in [3.8, 4) is 5.75 Å². The van der Waals surface area contributed by atoms with Crippen LogP contribution in [0.25, 0.3) is 0 Å². The van der Waals surface area contributed by atoms with Crippen molar-refractivity contribution in [3.63, 3.8) is 0 Å². The summed E-state index contributed by atoms with van der Waals surface area (Å²) < 4.78 is 38.4. The van der Waals surface area contributed by atoms with Crippen LogP contribution in [0.1, 0.15) is 108 Å². The van der Waals surface area contributed by atoms with Gasteiger partial charge in [-0.1, -0.05) is 0 Å². The minimum Gasteiger partial charge on any atom is -0.488 e. The quantitative estimate of drug-likeness (QED) is 0.116. The largest absolute Gasteiger partial charge is 0.488 e. The number of alkyl halides is 1. The molecule has 2 aromatic carbocycles. The number of nitrogens with zero attached hydrogens (tertiary/aromatic N) is 6. The molecule has 1 radical (unpaired) electrons. The molecule has 1 unspecified atom stereocenters. The van der Waals surface area contributed by atoms with Gasteiger partial charge in [-0.15, -0.1) is 0 Å². The fraction of sp³-hybridized carbons (Fsp3) is 0.556. The third-order valence-electron chi connectivity index (χ3n) is 14.0. The molecule has 13 nitrogen and oxygen atoms in total. The van der Waals surface area contributed by atoms with Crippen LogP contribution < -0.4 is 25.6 Å². The van der Waals surface area contributed by atoms with Gasteiger partial charge in [-0.2, -0.15) is 0 Å². The summed E-state index contributed by atoms with van der Waals surface area (Å²) in [5.41, 5.74) is 7.86. The van der Waals surface area contributed by atoms with E-state index in [1.807, 2.05) is 18.2 Å². The Labute approximate surface area is 370 Å². The molecule has 9 rings (SSSR count). The number of benzene rings is 2. The first-order chi connectivity index (χ1) is 28.8. The van der Waals surface area contributed by atoms with Crippen LogP contribution in [0.4, 0.5) is 26.0 Å². The Morgan fingerprint density at radius 2 is 1.64 bits per heavy atom. The van der Waals surface area contributed by atoms with E-state index in [4.69, 9.17) is 15.9 Å². The number of anilines is 3. The van der Waals surface area contributed by atoms with Gasteiger partial charge >= 0.3 is 0 Å².